The molecule has 0 aliphatic carbocycles. The number of methoxy groups -OCH3 is 1. The number of nitrogens with zero attached hydrogens (tertiary/aromatic N) is 1. The summed E-state index contributed by atoms with van der Waals surface area (Å²) in [4.78, 5) is 23.8. The minimum atomic E-state index is -0.471. The van der Waals surface area contributed by atoms with Crippen LogP contribution in [-0.2, 0) is 9.59 Å². The van der Waals surface area contributed by atoms with Gasteiger partial charge in [0.25, 0.3) is 0 Å². The van der Waals surface area contributed by atoms with Crippen LogP contribution in [0.2, 0.25) is 0 Å². The van der Waals surface area contributed by atoms with Crippen molar-refractivity contribution in [2.75, 3.05) is 19.1 Å². The molecule has 17 heavy (non-hydrogen) atoms. The molecule has 1 aromatic rings. The fourth-order valence-electron chi connectivity index (χ4n) is 1.35. The first-order chi connectivity index (χ1) is 8.04. The Hall–Kier alpha value is -2.04. The van der Waals surface area contributed by atoms with Crippen molar-refractivity contribution in [3.05, 3.63) is 24.3 Å². The molecule has 1 rings (SSSR count). The number of carbonyl (C=O) groups is 2. The molecule has 0 aromatic heterocycles. The average Bonchev–Trinajstić information content (AvgIpc) is 2.35. The van der Waals surface area contributed by atoms with Gasteiger partial charge in [0, 0.05) is 25.6 Å². The minimum absolute atomic E-state index is 0.0688. The van der Waals surface area contributed by atoms with Gasteiger partial charge in [-0.3, -0.25) is 9.59 Å². The second-order valence-electron chi connectivity index (χ2n) is 3.62. The first-order valence-electron chi connectivity index (χ1n) is 5.23. The molecule has 0 unspecified atom stereocenters. The number of rotatable bonds is 5. The Morgan fingerprint density at radius 2 is 1.82 bits per heavy atom. The maximum Gasteiger partial charge on any atom is 0.227 e. The quantitative estimate of drug-likeness (QED) is 0.826. The van der Waals surface area contributed by atoms with Gasteiger partial charge < -0.3 is 15.4 Å². The zero-order chi connectivity index (χ0) is 12.8. The zero-order valence-corrected chi connectivity index (χ0v) is 9.97. The summed E-state index contributed by atoms with van der Waals surface area (Å²) >= 11 is 0. The second-order valence-corrected chi connectivity index (χ2v) is 3.62. The molecule has 0 saturated heterocycles. The van der Waals surface area contributed by atoms with Crippen molar-refractivity contribution < 1.29 is 14.3 Å². The molecular weight excluding hydrogens is 220 g/mol. The number of anilines is 1. The predicted molar refractivity (Wildman–Crippen MR) is 64.8 cm³/mol. The number of primary amides is 1. The monoisotopic (exact) mass is 236 g/mol. The molecule has 0 aliphatic heterocycles. The fraction of sp³-hybridized carbons (Fsp3) is 0.333. The van der Waals surface area contributed by atoms with Gasteiger partial charge in [0.1, 0.15) is 5.75 Å². The zero-order valence-electron chi connectivity index (χ0n) is 9.97. The van der Waals surface area contributed by atoms with Crippen molar-refractivity contribution in [1.29, 1.82) is 0 Å². The number of amides is 2. The van der Waals surface area contributed by atoms with E-state index in [4.69, 9.17) is 10.5 Å². The van der Waals surface area contributed by atoms with Crippen LogP contribution < -0.4 is 15.4 Å². The Kier molecular flexibility index (Phi) is 4.51. The lowest BCUT2D eigenvalue weighted by Gasteiger charge is -2.17. The number of nitrogens with two attached hydrogens (primary N) is 1. The summed E-state index contributed by atoms with van der Waals surface area (Å²) < 4.78 is 5.02. The van der Waals surface area contributed by atoms with E-state index in [2.05, 4.69) is 0 Å². The summed E-state index contributed by atoms with van der Waals surface area (Å²) in [6.45, 7) is 0. The van der Waals surface area contributed by atoms with Gasteiger partial charge in [0.2, 0.25) is 11.8 Å². The molecule has 0 fully saturated rings. The highest BCUT2D eigenvalue weighted by Crippen LogP contribution is 2.18. The standard InChI is InChI=1S/C12H16N2O3/c1-14(12(16)8-7-11(13)15)9-3-5-10(17-2)6-4-9/h3-6H,7-8H2,1-2H3,(H2,13,15). The lowest BCUT2D eigenvalue weighted by atomic mass is 10.2. The Balaban J connectivity index is 2.64. The topological polar surface area (TPSA) is 72.6 Å². The van der Waals surface area contributed by atoms with Crippen LogP contribution in [-0.4, -0.2) is 26.0 Å². The molecule has 92 valence electrons. The van der Waals surface area contributed by atoms with Crippen molar-refractivity contribution in [2.45, 2.75) is 12.8 Å². The van der Waals surface area contributed by atoms with Gasteiger partial charge in [-0.1, -0.05) is 0 Å². The van der Waals surface area contributed by atoms with Gasteiger partial charge in [-0.2, -0.15) is 0 Å². The third kappa shape index (κ3) is 3.79. The first-order valence-corrected chi connectivity index (χ1v) is 5.23. The second kappa shape index (κ2) is 5.89. The number of carbonyl (C=O) groups excluding carboxylic acids is 2. The van der Waals surface area contributed by atoms with E-state index in [1.807, 2.05) is 0 Å². The highest BCUT2D eigenvalue weighted by Gasteiger charge is 2.11. The van der Waals surface area contributed by atoms with Gasteiger partial charge in [0.05, 0.1) is 7.11 Å². The first kappa shape index (κ1) is 13.0. The smallest absolute Gasteiger partial charge is 0.227 e. The highest BCUT2D eigenvalue weighted by atomic mass is 16.5. The van der Waals surface area contributed by atoms with Gasteiger partial charge in [-0.05, 0) is 24.3 Å². The third-order valence-electron chi connectivity index (χ3n) is 2.42. The maximum absolute atomic E-state index is 11.7. The van der Waals surface area contributed by atoms with Crippen LogP contribution in [0.1, 0.15) is 12.8 Å². The SMILES string of the molecule is COc1ccc(N(C)C(=O)CCC(N)=O)cc1. The van der Waals surface area contributed by atoms with Gasteiger partial charge in [-0.15, -0.1) is 0 Å². The minimum Gasteiger partial charge on any atom is -0.497 e. The Morgan fingerprint density at radius 1 is 1.24 bits per heavy atom. The summed E-state index contributed by atoms with van der Waals surface area (Å²) in [6, 6.07) is 7.10. The van der Waals surface area contributed by atoms with Crippen molar-refractivity contribution in [3.63, 3.8) is 0 Å². The van der Waals surface area contributed by atoms with Crippen LogP contribution in [0.15, 0.2) is 24.3 Å². The molecule has 5 nitrogen and oxygen atoms in total. The number of benzene rings is 1. The van der Waals surface area contributed by atoms with Crippen molar-refractivity contribution in [1.82, 2.24) is 0 Å². The van der Waals surface area contributed by atoms with E-state index in [0.717, 1.165) is 11.4 Å². The molecule has 2 N–H and O–H groups in total. The van der Waals surface area contributed by atoms with Gasteiger partial charge in [0.15, 0.2) is 0 Å². The van der Waals surface area contributed by atoms with E-state index in [9.17, 15) is 9.59 Å². The number of ether oxygens (including phenoxy) is 1. The summed E-state index contributed by atoms with van der Waals surface area (Å²) in [5, 5.41) is 0. The number of hydrogen-bond acceptors (Lipinski definition) is 3. The lowest BCUT2D eigenvalue weighted by Crippen LogP contribution is -2.27. The summed E-state index contributed by atoms with van der Waals surface area (Å²) in [5.41, 5.74) is 5.74. The third-order valence-corrected chi connectivity index (χ3v) is 2.42. The van der Waals surface area contributed by atoms with Crippen molar-refractivity contribution >= 4 is 17.5 Å². The van der Waals surface area contributed by atoms with E-state index in [1.54, 1.807) is 38.4 Å². The molecule has 0 saturated carbocycles. The Bertz CT molecular complexity index is 401. The molecule has 2 amide bonds. The molecule has 0 aliphatic rings. The van der Waals surface area contributed by atoms with E-state index in [-0.39, 0.29) is 18.7 Å². The molecule has 0 heterocycles. The number of hydrogen-bond donors (Lipinski definition) is 1. The highest BCUT2D eigenvalue weighted by molar-refractivity contribution is 5.94. The van der Waals surface area contributed by atoms with Crippen LogP contribution >= 0.6 is 0 Å². The molecule has 0 bridgehead atoms. The molecule has 0 atom stereocenters. The molecule has 0 spiro atoms. The van der Waals surface area contributed by atoms with E-state index in [1.165, 1.54) is 4.90 Å². The van der Waals surface area contributed by atoms with Crippen molar-refractivity contribution in [3.8, 4) is 5.75 Å². The van der Waals surface area contributed by atoms with Crippen LogP contribution in [0.25, 0.3) is 0 Å². The van der Waals surface area contributed by atoms with E-state index in [0.29, 0.717) is 0 Å². The molecule has 0 radical (unpaired) electrons. The normalized spacial score (nSPS) is 9.76. The van der Waals surface area contributed by atoms with Crippen molar-refractivity contribution in [2.24, 2.45) is 5.73 Å². The van der Waals surface area contributed by atoms with Gasteiger partial charge >= 0.3 is 0 Å². The van der Waals surface area contributed by atoms with Crippen LogP contribution in [0, 0.1) is 0 Å². The van der Waals surface area contributed by atoms with E-state index >= 15 is 0 Å². The fourth-order valence-corrected chi connectivity index (χ4v) is 1.35. The summed E-state index contributed by atoms with van der Waals surface area (Å²) in [5.74, 6) is 0.113. The Labute approximate surface area is 100 Å². The molecule has 1 aromatic carbocycles. The van der Waals surface area contributed by atoms with Crippen LogP contribution in [0.4, 0.5) is 5.69 Å². The molecule has 5 heteroatoms. The van der Waals surface area contributed by atoms with Crippen LogP contribution in [0.3, 0.4) is 0 Å². The Morgan fingerprint density at radius 3 is 2.29 bits per heavy atom. The van der Waals surface area contributed by atoms with E-state index < -0.39 is 5.91 Å². The van der Waals surface area contributed by atoms with Gasteiger partial charge in [-0.25, -0.2) is 0 Å². The summed E-state index contributed by atoms with van der Waals surface area (Å²) in [7, 11) is 3.24. The van der Waals surface area contributed by atoms with Crippen LogP contribution in [0.5, 0.6) is 5.75 Å². The largest absolute Gasteiger partial charge is 0.497 e. The predicted octanol–water partition coefficient (Wildman–Crippen LogP) is 0.923. The maximum atomic E-state index is 11.7. The summed E-state index contributed by atoms with van der Waals surface area (Å²) in [6.07, 6.45) is 0.192. The lowest BCUT2D eigenvalue weighted by molar-refractivity contribution is -0.123. The molecular formula is C12H16N2O3. The average molecular weight is 236 g/mol.